The van der Waals surface area contributed by atoms with Crippen molar-refractivity contribution in [3.05, 3.63) is 11.6 Å². The van der Waals surface area contributed by atoms with Gasteiger partial charge >= 0.3 is 10.1 Å². The normalized spacial score (nSPS) is 32.2. The number of hydrogen-bond acceptors (Lipinski definition) is 5. The molecule has 1 unspecified atom stereocenters. The second-order valence-electron chi connectivity index (χ2n) is 1.71. The van der Waals surface area contributed by atoms with E-state index in [2.05, 4.69) is 5.32 Å². The van der Waals surface area contributed by atoms with Gasteiger partial charge in [0, 0.05) is 6.20 Å². The van der Waals surface area contributed by atoms with Gasteiger partial charge in [-0.2, -0.15) is 8.42 Å². The first-order chi connectivity index (χ1) is 4.46. The molecule has 0 aromatic carbocycles. The van der Waals surface area contributed by atoms with Crippen molar-refractivity contribution < 1.29 is 13.0 Å². The van der Waals surface area contributed by atoms with Gasteiger partial charge in [-0.25, -0.2) is 0 Å². The summed E-state index contributed by atoms with van der Waals surface area (Å²) in [5.41, 5.74) is 5.19. The zero-order valence-corrected chi connectivity index (χ0v) is 6.45. The Balaban J connectivity index is 2.92. The van der Waals surface area contributed by atoms with Crippen molar-refractivity contribution in [2.75, 3.05) is 0 Å². The minimum atomic E-state index is -4.23. The van der Waals surface area contributed by atoms with E-state index in [1.165, 1.54) is 11.6 Å². The van der Waals surface area contributed by atoms with E-state index in [9.17, 15) is 8.42 Å². The number of hydrogen-bond donors (Lipinski definition) is 3. The fourth-order valence-corrected chi connectivity index (χ4v) is 1.80. The molecule has 0 radical (unpaired) electrons. The van der Waals surface area contributed by atoms with Gasteiger partial charge in [0.1, 0.15) is 0 Å². The van der Waals surface area contributed by atoms with Crippen LogP contribution in [0.5, 0.6) is 0 Å². The molecule has 1 heterocycles. The minimum absolute atomic E-state index is 0.800. The van der Waals surface area contributed by atoms with Crippen LogP contribution in [0.15, 0.2) is 11.6 Å². The van der Waals surface area contributed by atoms with Crippen LogP contribution >= 0.6 is 11.8 Å². The minimum Gasteiger partial charge on any atom is -0.350 e. The summed E-state index contributed by atoms with van der Waals surface area (Å²) in [6.07, 6.45) is 1.36. The third-order valence-corrected chi connectivity index (χ3v) is 3.52. The quantitative estimate of drug-likeness (QED) is 0.462. The molecule has 5 nitrogen and oxygen atoms in total. The lowest BCUT2D eigenvalue weighted by Crippen LogP contribution is -2.52. The van der Waals surface area contributed by atoms with Crippen LogP contribution in [0, 0.1) is 0 Å². The van der Waals surface area contributed by atoms with Crippen molar-refractivity contribution in [3.63, 3.8) is 0 Å². The van der Waals surface area contributed by atoms with Crippen LogP contribution in [0.1, 0.15) is 0 Å². The van der Waals surface area contributed by atoms with E-state index >= 15 is 0 Å². The van der Waals surface area contributed by atoms with Crippen molar-refractivity contribution in [1.82, 2.24) is 5.32 Å². The highest BCUT2D eigenvalue weighted by Gasteiger charge is 2.40. The van der Waals surface area contributed by atoms with Gasteiger partial charge in [-0.15, -0.1) is 0 Å². The van der Waals surface area contributed by atoms with Crippen molar-refractivity contribution in [1.29, 1.82) is 0 Å². The molecule has 0 amide bonds. The summed E-state index contributed by atoms with van der Waals surface area (Å²) < 4.78 is 27.6. The molecule has 0 saturated carbocycles. The Morgan fingerprint density at radius 2 is 2.30 bits per heavy atom. The van der Waals surface area contributed by atoms with Crippen LogP contribution in [0.2, 0.25) is 0 Å². The Labute approximate surface area is 62.4 Å². The fourth-order valence-electron chi connectivity index (χ4n) is 0.455. The molecule has 0 saturated heterocycles. The zero-order valence-electron chi connectivity index (χ0n) is 4.81. The van der Waals surface area contributed by atoms with Crippen LogP contribution < -0.4 is 11.1 Å². The smallest absolute Gasteiger partial charge is 0.313 e. The standard InChI is InChI=1S/C3H6N2O3S2/c4-3(10(6,7)8)5-1-2-9-3/h1-2,5H,4H2,(H,6,7,8). The number of thioether (sulfide) groups is 1. The lowest BCUT2D eigenvalue weighted by atomic mass is 10.9. The summed E-state index contributed by atoms with van der Waals surface area (Å²) in [5.74, 6) is 0. The molecule has 0 aromatic heterocycles. The van der Waals surface area contributed by atoms with Crippen molar-refractivity contribution in [3.8, 4) is 0 Å². The molecule has 0 aromatic rings. The number of nitrogens with one attached hydrogen (secondary N) is 1. The van der Waals surface area contributed by atoms with Crippen molar-refractivity contribution in [2.45, 2.75) is 4.33 Å². The maximum Gasteiger partial charge on any atom is 0.313 e. The van der Waals surface area contributed by atoms with Crippen LogP contribution in [0.3, 0.4) is 0 Å². The Hall–Kier alpha value is -0.240. The Morgan fingerprint density at radius 1 is 1.70 bits per heavy atom. The molecule has 0 spiro atoms. The Morgan fingerprint density at radius 3 is 2.50 bits per heavy atom. The molecule has 10 heavy (non-hydrogen) atoms. The van der Waals surface area contributed by atoms with E-state index in [-0.39, 0.29) is 0 Å². The van der Waals surface area contributed by atoms with E-state index in [1.54, 1.807) is 0 Å². The first kappa shape index (κ1) is 7.86. The molecule has 58 valence electrons. The van der Waals surface area contributed by atoms with E-state index in [1.807, 2.05) is 0 Å². The van der Waals surface area contributed by atoms with Crippen LogP contribution in [0.4, 0.5) is 0 Å². The second kappa shape index (κ2) is 2.12. The Kier molecular flexibility index (Phi) is 1.67. The van der Waals surface area contributed by atoms with Gasteiger partial charge in [-0.1, -0.05) is 11.8 Å². The molecule has 1 rings (SSSR count). The zero-order chi connectivity index (χ0) is 7.83. The predicted octanol–water partition coefficient (Wildman–Crippen LogP) is -0.748. The van der Waals surface area contributed by atoms with Gasteiger partial charge < -0.3 is 5.32 Å². The molecule has 1 atom stereocenters. The largest absolute Gasteiger partial charge is 0.350 e. The highest BCUT2D eigenvalue weighted by Crippen LogP contribution is 2.27. The van der Waals surface area contributed by atoms with Crippen molar-refractivity contribution in [2.24, 2.45) is 5.73 Å². The summed E-state index contributed by atoms with van der Waals surface area (Å²) in [7, 11) is -4.23. The SMILES string of the molecule is NC1(S(=O)(=O)O)NC=CS1. The average molecular weight is 182 g/mol. The molecule has 0 fully saturated rings. The van der Waals surface area contributed by atoms with Crippen LogP contribution in [0.25, 0.3) is 0 Å². The van der Waals surface area contributed by atoms with E-state index in [0.717, 1.165) is 11.8 Å². The third-order valence-electron chi connectivity index (χ3n) is 0.979. The molecule has 1 aliphatic heterocycles. The maximum absolute atomic E-state index is 10.5. The lowest BCUT2D eigenvalue weighted by Gasteiger charge is -2.18. The van der Waals surface area contributed by atoms with Gasteiger partial charge in [0.2, 0.25) is 0 Å². The van der Waals surface area contributed by atoms with Crippen molar-refractivity contribution >= 4 is 21.9 Å². The first-order valence-electron chi connectivity index (χ1n) is 2.32. The Bertz CT molecular complexity index is 249. The van der Waals surface area contributed by atoms with E-state index < -0.39 is 14.4 Å². The molecule has 0 bridgehead atoms. The van der Waals surface area contributed by atoms with Gasteiger partial charge in [0.15, 0.2) is 0 Å². The van der Waals surface area contributed by atoms with Crippen LogP contribution in [-0.2, 0) is 10.1 Å². The summed E-state index contributed by atoms with van der Waals surface area (Å²) in [4.78, 5) is 0. The third kappa shape index (κ3) is 1.12. The highest BCUT2D eigenvalue weighted by atomic mass is 32.3. The molecule has 7 heteroatoms. The predicted molar refractivity (Wildman–Crippen MR) is 38.3 cm³/mol. The fraction of sp³-hybridized carbons (Fsp3) is 0.333. The molecule has 1 aliphatic rings. The number of nitrogens with two attached hydrogens (primary N) is 1. The monoisotopic (exact) mass is 182 g/mol. The van der Waals surface area contributed by atoms with Gasteiger partial charge in [-0.3, -0.25) is 10.3 Å². The average Bonchev–Trinajstić information content (AvgIpc) is 2.13. The summed E-state index contributed by atoms with van der Waals surface area (Å²) in [6.45, 7) is 0. The summed E-state index contributed by atoms with van der Waals surface area (Å²) in [6, 6.07) is 0. The highest BCUT2D eigenvalue weighted by molar-refractivity contribution is 8.14. The van der Waals surface area contributed by atoms with Crippen LogP contribution in [-0.4, -0.2) is 17.3 Å². The summed E-state index contributed by atoms with van der Waals surface area (Å²) in [5, 5.41) is 3.75. The van der Waals surface area contributed by atoms with Gasteiger partial charge in [0.25, 0.3) is 4.33 Å². The van der Waals surface area contributed by atoms with Gasteiger partial charge in [0.05, 0.1) is 0 Å². The molecular formula is C3H6N2O3S2. The second-order valence-corrected chi connectivity index (χ2v) is 4.71. The number of rotatable bonds is 1. The molecule has 0 aliphatic carbocycles. The molecular weight excluding hydrogens is 176 g/mol. The van der Waals surface area contributed by atoms with E-state index in [4.69, 9.17) is 10.3 Å². The molecule has 4 N–H and O–H groups in total. The maximum atomic E-state index is 10.5. The topological polar surface area (TPSA) is 92.4 Å². The summed E-state index contributed by atoms with van der Waals surface area (Å²) >= 11 is 0.800. The van der Waals surface area contributed by atoms with Gasteiger partial charge in [-0.05, 0) is 5.41 Å². The first-order valence-corrected chi connectivity index (χ1v) is 4.64. The lowest BCUT2D eigenvalue weighted by molar-refractivity contribution is 0.454. The van der Waals surface area contributed by atoms with E-state index in [0.29, 0.717) is 0 Å².